The Labute approximate surface area is 304 Å². The quantitative estimate of drug-likeness (QED) is 0.126. The van der Waals surface area contributed by atoms with Gasteiger partial charge in [-0.1, -0.05) is 47.6 Å². The summed E-state index contributed by atoms with van der Waals surface area (Å²) < 4.78 is 23.4. The number of benzene rings is 2. The average molecular weight is 758 g/mol. The van der Waals surface area contributed by atoms with Crippen LogP contribution in [0, 0.1) is 11.8 Å². The van der Waals surface area contributed by atoms with Crippen LogP contribution >= 0.6 is 21.6 Å². The molecule has 2 aromatic heterocycles. The number of ether oxygens (including phenoxy) is 3. The van der Waals surface area contributed by atoms with Gasteiger partial charge in [-0.25, -0.2) is 4.79 Å². The number of nitrogens with one attached hydrogen (secondary N) is 2. The predicted molar refractivity (Wildman–Crippen MR) is 192 cm³/mol. The highest BCUT2D eigenvalue weighted by Crippen LogP contribution is 2.41. The zero-order chi connectivity index (χ0) is 37.3. The number of phenols is 1. The largest absolute Gasteiger partial charge is 0.508 e. The maximum absolute atomic E-state index is 13.6. The van der Waals surface area contributed by atoms with Gasteiger partial charge in [0.05, 0.1) is 10.9 Å². The third kappa shape index (κ3) is 7.27. The molecule has 9 N–H and O–H groups in total. The van der Waals surface area contributed by atoms with Gasteiger partial charge in [0, 0.05) is 30.8 Å². The fourth-order valence-electron chi connectivity index (χ4n) is 6.71. The first-order chi connectivity index (χ1) is 24.8. The van der Waals surface area contributed by atoms with Crippen LogP contribution in [0.5, 0.6) is 11.5 Å². The summed E-state index contributed by atoms with van der Waals surface area (Å²) in [6.45, 7) is 4.30. The molecule has 0 spiro atoms. The van der Waals surface area contributed by atoms with Crippen LogP contribution in [0.15, 0.2) is 70.1 Å². The van der Waals surface area contributed by atoms with Gasteiger partial charge in [-0.2, -0.15) is 0 Å². The van der Waals surface area contributed by atoms with E-state index in [1.807, 2.05) is 18.5 Å². The van der Waals surface area contributed by atoms with Gasteiger partial charge in [0.1, 0.15) is 41.5 Å². The number of carbonyl (C=O) groups excluding carboxylic acids is 1. The summed E-state index contributed by atoms with van der Waals surface area (Å²) in [5.41, 5.74) is 3.42. The molecule has 0 saturated carbocycles. The molecular weight excluding hydrogens is 719 g/mol. The second-order valence-corrected chi connectivity index (χ2v) is 15.5. The lowest BCUT2D eigenvalue weighted by molar-refractivity contribution is -0.342. The van der Waals surface area contributed by atoms with Crippen LogP contribution in [0.3, 0.4) is 0 Å². The number of H-pyrrole nitrogens is 1. The Kier molecular flexibility index (Phi) is 11.2. The smallest absolute Gasteiger partial charge is 0.335 e. The summed E-state index contributed by atoms with van der Waals surface area (Å²) in [5.74, 6) is -2.59. The highest BCUT2D eigenvalue weighted by molar-refractivity contribution is 8.76. The first-order valence-electron chi connectivity index (χ1n) is 16.4. The fraction of sp³-hybridized carbons (Fsp3) is 0.400. The van der Waals surface area contributed by atoms with E-state index in [0.717, 1.165) is 5.56 Å². The SMILES string of the molecule is CC(C)[C@@H]1CN[C@H](O)[C@]2(O)[C@H](Oc3ccc4c(=O)c(-c5ccc(O)cc5)c(C(N)=O)oc4c3)O[C@H](C(=O)O)[C@@H](O)[C@@H]2OCSSC[C@@H]1c1cc[nH]c1. The summed E-state index contributed by atoms with van der Waals surface area (Å²) >= 11 is 0. The number of carbonyl (C=O) groups is 2. The van der Waals surface area contributed by atoms with Crippen LogP contribution < -0.4 is 21.2 Å². The summed E-state index contributed by atoms with van der Waals surface area (Å²) in [4.78, 5) is 41.5. The number of carboxylic acids is 1. The number of fused-ring (bicyclic) bond motifs is 2. The number of hydrogen-bond acceptors (Lipinski definition) is 14. The van der Waals surface area contributed by atoms with Crippen molar-refractivity contribution in [3.63, 3.8) is 0 Å². The molecule has 2 aliphatic heterocycles. The Morgan fingerprint density at radius 2 is 1.85 bits per heavy atom. The van der Waals surface area contributed by atoms with E-state index in [4.69, 9.17) is 24.4 Å². The van der Waals surface area contributed by atoms with Crippen molar-refractivity contribution in [2.24, 2.45) is 17.6 Å². The van der Waals surface area contributed by atoms with Gasteiger partial charge in [0.15, 0.2) is 11.7 Å². The molecule has 0 aliphatic carbocycles. The van der Waals surface area contributed by atoms with Crippen molar-refractivity contribution in [1.82, 2.24) is 10.3 Å². The van der Waals surface area contributed by atoms with E-state index in [0.29, 0.717) is 5.75 Å². The number of phenolic OH excluding ortho intramolecular Hbond substituents is 1. The number of aromatic amines is 1. The lowest BCUT2D eigenvalue weighted by Gasteiger charge is -2.50. The van der Waals surface area contributed by atoms with Gasteiger partial charge < -0.3 is 54.9 Å². The zero-order valence-electron chi connectivity index (χ0n) is 28.0. The van der Waals surface area contributed by atoms with Crippen LogP contribution in [-0.2, 0) is 14.3 Å². The van der Waals surface area contributed by atoms with Gasteiger partial charge >= 0.3 is 5.97 Å². The normalized spacial score (nSPS) is 28.8. The van der Waals surface area contributed by atoms with Gasteiger partial charge in [-0.05, 0) is 59.2 Å². The van der Waals surface area contributed by atoms with Crippen molar-refractivity contribution in [1.29, 1.82) is 0 Å². The number of rotatable bonds is 7. The molecule has 6 rings (SSSR count). The molecule has 2 fully saturated rings. The number of aromatic hydroxyl groups is 1. The number of nitrogens with two attached hydrogens (primary N) is 1. The molecule has 0 bridgehead atoms. The number of aliphatic hydroxyl groups is 3. The molecule has 0 unspecified atom stereocenters. The van der Waals surface area contributed by atoms with E-state index in [1.165, 1.54) is 64.1 Å². The van der Waals surface area contributed by atoms with E-state index in [2.05, 4.69) is 24.1 Å². The minimum Gasteiger partial charge on any atom is -0.508 e. The molecule has 52 heavy (non-hydrogen) atoms. The van der Waals surface area contributed by atoms with Crippen molar-refractivity contribution in [3.05, 3.63) is 82.5 Å². The number of amides is 1. The van der Waals surface area contributed by atoms with Crippen LogP contribution in [0.4, 0.5) is 0 Å². The number of primary amides is 1. The Balaban J connectivity index is 1.38. The molecule has 17 heteroatoms. The molecule has 4 heterocycles. The Bertz CT molecular complexity index is 1960. The Morgan fingerprint density at radius 3 is 2.50 bits per heavy atom. The Morgan fingerprint density at radius 1 is 1.10 bits per heavy atom. The second kappa shape index (κ2) is 15.5. The van der Waals surface area contributed by atoms with Crippen molar-refractivity contribution in [2.75, 3.05) is 18.2 Å². The van der Waals surface area contributed by atoms with E-state index in [9.17, 15) is 39.9 Å². The second-order valence-electron chi connectivity index (χ2n) is 13.0. The van der Waals surface area contributed by atoms with E-state index < -0.39 is 59.5 Å². The summed E-state index contributed by atoms with van der Waals surface area (Å²) in [6.07, 6.45) is -5.71. The maximum atomic E-state index is 13.6. The van der Waals surface area contributed by atoms with Gasteiger partial charge in [0.25, 0.3) is 5.91 Å². The zero-order valence-corrected chi connectivity index (χ0v) is 29.6. The standard InChI is InChI=1S/C35H39N3O12S2/c1-16(2)22-13-38-33(45)35(46)30(47-15-52-51-14-23(22)18-9-10-37-12-18)27(41)29(32(43)44)50-34(35)48-20-7-8-21-24(11-20)49-28(31(36)42)25(26(21)40)17-3-5-19(39)6-4-17/h3-12,16,22-23,27,29-30,33-34,37-39,41,45-46H,13-15H2,1-2H3,(H2,36,42)(H,43,44)/t22-,23+,27+,29-,30-,33+,34+,35-/m0/s1. The summed E-state index contributed by atoms with van der Waals surface area (Å²) in [5, 5.41) is 57.9. The predicted octanol–water partition coefficient (Wildman–Crippen LogP) is 2.57. The minimum absolute atomic E-state index is 0.0164. The fourth-order valence-corrected chi connectivity index (χ4v) is 8.76. The highest BCUT2D eigenvalue weighted by atomic mass is 33.1. The highest BCUT2D eigenvalue weighted by Gasteiger charge is 2.63. The molecular formula is C35H39N3O12S2. The molecule has 8 atom stereocenters. The molecule has 15 nitrogen and oxygen atoms in total. The number of aliphatic hydroxyl groups excluding tert-OH is 2. The maximum Gasteiger partial charge on any atom is 0.335 e. The number of aromatic nitrogens is 1. The van der Waals surface area contributed by atoms with Gasteiger partial charge in [0.2, 0.25) is 17.5 Å². The lowest BCUT2D eigenvalue weighted by Crippen LogP contribution is -2.75. The van der Waals surface area contributed by atoms with Gasteiger partial charge in [-0.3, -0.25) is 14.9 Å². The van der Waals surface area contributed by atoms with E-state index >= 15 is 0 Å². The molecule has 1 amide bonds. The third-order valence-electron chi connectivity index (χ3n) is 9.49. The molecule has 2 aromatic carbocycles. The first kappa shape index (κ1) is 37.7. The topological polar surface area (TPSA) is 247 Å². The van der Waals surface area contributed by atoms with Crippen LogP contribution in [-0.4, -0.2) is 97.1 Å². The lowest BCUT2D eigenvalue weighted by atomic mass is 9.80. The van der Waals surface area contributed by atoms with Crippen molar-refractivity contribution in [3.8, 4) is 22.6 Å². The number of hydrogen-bond donors (Lipinski definition) is 8. The van der Waals surface area contributed by atoms with E-state index in [-0.39, 0.29) is 63.8 Å². The molecule has 2 aliphatic rings. The third-order valence-corrected chi connectivity index (χ3v) is 11.6. The minimum atomic E-state index is -2.61. The van der Waals surface area contributed by atoms with Crippen molar-refractivity contribution >= 4 is 44.4 Å². The van der Waals surface area contributed by atoms with Crippen LogP contribution in [0.1, 0.15) is 35.9 Å². The van der Waals surface area contributed by atoms with Crippen LogP contribution in [0.25, 0.3) is 22.1 Å². The summed E-state index contributed by atoms with van der Waals surface area (Å²) in [7, 11) is 2.82. The number of aliphatic carboxylic acids is 1. The summed E-state index contributed by atoms with van der Waals surface area (Å²) in [6, 6.07) is 11.4. The molecule has 2 saturated heterocycles. The van der Waals surface area contributed by atoms with Crippen LogP contribution in [0.2, 0.25) is 0 Å². The first-order valence-corrected chi connectivity index (χ1v) is 18.9. The molecule has 278 valence electrons. The van der Waals surface area contributed by atoms with E-state index in [1.54, 1.807) is 0 Å². The average Bonchev–Trinajstić information content (AvgIpc) is 3.64. The number of carboxylic acid groups (broad SMARTS) is 1. The monoisotopic (exact) mass is 757 g/mol. The van der Waals surface area contributed by atoms with Crippen molar-refractivity contribution in [2.45, 2.75) is 56.2 Å². The Hall–Kier alpha value is -4.07. The van der Waals surface area contributed by atoms with Gasteiger partial charge in [-0.15, -0.1) is 0 Å². The molecule has 0 radical (unpaired) electrons. The molecule has 4 aromatic rings. The van der Waals surface area contributed by atoms with Crippen molar-refractivity contribution < 1.29 is 53.7 Å².